The Labute approximate surface area is 98.7 Å². The molecule has 0 atom stereocenters. The number of nitrogens with one attached hydrogen (secondary N) is 1. The van der Waals surface area contributed by atoms with E-state index in [2.05, 4.69) is 66.9 Å². The molecule has 2 heteroatoms. The third-order valence-corrected chi connectivity index (χ3v) is 4.03. The standard InChI is InChI=1S/C14H16NSi/c1-16(2)14-11-7-6-10-13(14)15-12-8-4-3-5-9-12/h3-11,15H,1-2H3. The van der Waals surface area contributed by atoms with E-state index in [0.29, 0.717) is 0 Å². The van der Waals surface area contributed by atoms with Crippen LogP contribution < -0.4 is 10.5 Å². The molecule has 0 bridgehead atoms. The highest BCUT2D eigenvalue weighted by molar-refractivity contribution is 6.72. The first kappa shape index (κ1) is 11.0. The molecule has 0 aliphatic rings. The number of rotatable bonds is 3. The molecule has 0 spiro atoms. The molecular formula is C14H16NSi. The van der Waals surface area contributed by atoms with Crippen molar-refractivity contribution in [2.45, 2.75) is 13.1 Å². The molecule has 1 radical (unpaired) electrons. The molecule has 0 saturated carbocycles. The predicted octanol–water partition coefficient (Wildman–Crippen LogP) is 3.39. The van der Waals surface area contributed by atoms with Crippen LogP contribution in [0.1, 0.15) is 0 Å². The van der Waals surface area contributed by atoms with Crippen molar-refractivity contribution in [1.29, 1.82) is 0 Å². The quantitative estimate of drug-likeness (QED) is 0.791. The minimum absolute atomic E-state index is 0.423. The zero-order valence-electron chi connectivity index (χ0n) is 9.70. The Morgan fingerprint density at radius 3 is 2.12 bits per heavy atom. The number of para-hydroxylation sites is 2. The van der Waals surface area contributed by atoms with Crippen LogP contribution >= 0.6 is 0 Å². The Morgan fingerprint density at radius 2 is 1.44 bits per heavy atom. The Morgan fingerprint density at radius 1 is 0.812 bits per heavy atom. The van der Waals surface area contributed by atoms with Crippen molar-refractivity contribution < 1.29 is 0 Å². The van der Waals surface area contributed by atoms with E-state index >= 15 is 0 Å². The minimum Gasteiger partial charge on any atom is -0.356 e. The topological polar surface area (TPSA) is 12.0 Å². The molecule has 0 aromatic heterocycles. The molecule has 2 rings (SSSR count). The molecular weight excluding hydrogens is 210 g/mol. The van der Waals surface area contributed by atoms with E-state index in [9.17, 15) is 0 Å². The van der Waals surface area contributed by atoms with Crippen LogP contribution in [0, 0.1) is 0 Å². The molecule has 0 aliphatic carbocycles. The van der Waals surface area contributed by atoms with Crippen LogP contribution in [0.2, 0.25) is 13.1 Å². The normalized spacial score (nSPS) is 10.4. The molecule has 0 aliphatic heterocycles. The number of hydrogen-bond acceptors (Lipinski definition) is 1. The summed E-state index contributed by atoms with van der Waals surface area (Å²) >= 11 is 0. The summed E-state index contributed by atoms with van der Waals surface area (Å²) in [4.78, 5) is 0. The van der Waals surface area contributed by atoms with Crippen molar-refractivity contribution in [2.75, 3.05) is 5.32 Å². The summed E-state index contributed by atoms with van der Waals surface area (Å²) in [6.45, 7) is 4.63. The SMILES string of the molecule is C[Si](C)c1ccccc1Nc1ccccc1. The first-order valence-electron chi connectivity index (χ1n) is 5.49. The van der Waals surface area contributed by atoms with Crippen molar-refractivity contribution in [3.8, 4) is 0 Å². The van der Waals surface area contributed by atoms with E-state index in [1.165, 1.54) is 10.9 Å². The monoisotopic (exact) mass is 226 g/mol. The highest BCUT2D eigenvalue weighted by atomic mass is 28.3. The highest BCUT2D eigenvalue weighted by Gasteiger charge is 2.06. The second kappa shape index (κ2) is 4.99. The Kier molecular flexibility index (Phi) is 3.42. The largest absolute Gasteiger partial charge is 0.356 e. The van der Waals surface area contributed by atoms with Crippen LogP contribution in [0.15, 0.2) is 54.6 Å². The van der Waals surface area contributed by atoms with Gasteiger partial charge in [0.15, 0.2) is 0 Å². The van der Waals surface area contributed by atoms with Crippen LogP contribution in [0.5, 0.6) is 0 Å². The maximum Gasteiger partial charge on any atom is 0.0819 e. The van der Waals surface area contributed by atoms with Crippen LogP contribution in [0.25, 0.3) is 0 Å². The lowest BCUT2D eigenvalue weighted by atomic mass is 10.2. The molecule has 0 unspecified atom stereocenters. The molecule has 2 aromatic rings. The van der Waals surface area contributed by atoms with Gasteiger partial charge in [0.1, 0.15) is 0 Å². The van der Waals surface area contributed by atoms with Gasteiger partial charge in [-0.1, -0.05) is 49.5 Å². The average Bonchev–Trinajstić information content (AvgIpc) is 2.31. The van der Waals surface area contributed by atoms with Gasteiger partial charge in [0.2, 0.25) is 0 Å². The molecule has 1 N–H and O–H groups in total. The zero-order valence-corrected chi connectivity index (χ0v) is 10.7. The number of hydrogen-bond donors (Lipinski definition) is 1. The molecule has 16 heavy (non-hydrogen) atoms. The van der Waals surface area contributed by atoms with Crippen LogP contribution in [-0.4, -0.2) is 8.80 Å². The first-order valence-corrected chi connectivity index (χ1v) is 7.99. The minimum atomic E-state index is -0.423. The van der Waals surface area contributed by atoms with Crippen molar-refractivity contribution in [1.82, 2.24) is 0 Å². The van der Waals surface area contributed by atoms with Gasteiger partial charge in [-0.25, -0.2) is 0 Å². The summed E-state index contributed by atoms with van der Waals surface area (Å²) < 4.78 is 0. The van der Waals surface area contributed by atoms with Gasteiger partial charge in [0.25, 0.3) is 0 Å². The third kappa shape index (κ3) is 2.52. The van der Waals surface area contributed by atoms with Crippen molar-refractivity contribution in [3.05, 3.63) is 54.6 Å². The Bertz CT molecular complexity index is 451. The average molecular weight is 226 g/mol. The third-order valence-electron chi connectivity index (χ3n) is 2.52. The van der Waals surface area contributed by atoms with Gasteiger partial charge in [-0.3, -0.25) is 0 Å². The molecule has 1 nitrogen and oxygen atoms in total. The lowest BCUT2D eigenvalue weighted by Crippen LogP contribution is -2.25. The lowest BCUT2D eigenvalue weighted by Gasteiger charge is -2.13. The fraction of sp³-hybridized carbons (Fsp3) is 0.143. The van der Waals surface area contributed by atoms with E-state index in [1.807, 2.05) is 6.07 Å². The smallest absolute Gasteiger partial charge is 0.0819 e. The van der Waals surface area contributed by atoms with Gasteiger partial charge in [-0.2, -0.15) is 0 Å². The second-order valence-electron chi connectivity index (χ2n) is 4.04. The van der Waals surface area contributed by atoms with E-state index in [0.717, 1.165) is 5.69 Å². The molecule has 0 fully saturated rings. The molecule has 81 valence electrons. The lowest BCUT2D eigenvalue weighted by molar-refractivity contribution is 1.57. The van der Waals surface area contributed by atoms with Crippen molar-refractivity contribution in [3.63, 3.8) is 0 Å². The maximum absolute atomic E-state index is 3.48. The van der Waals surface area contributed by atoms with Crippen molar-refractivity contribution in [2.24, 2.45) is 0 Å². The Hall–Kier alpha value is -1.54. The van der Waals surface area contributed by atoms with Gasteiger partial charge in [-0.15, -0.1) is 0 Å². The molecule has 0 saturated heterocycles. The van der Waals surface area contributed by atoms with Gasteiger partial charge in [0.05, 0.1) is 8.80 Å². The summed E-state index contributed by atoms with van der Waals surface area (Å²) in [6, 6.07) is 18.9. The van der Waals surface area contributed by atoms with E-state index in [-0.39, 0.29) is 0 Å². The Balaban J connectivity index is 2.28. The fourth-order valence-electron chi connectivity index (χ4n) is 1.71. The molecule has 0 amide bonds. The fourth-order valence-corrected chi connectivity index (χ4v) is 2.82. The summed E-state index contributed by atoms with van der Waals surface area (Å²) in [7, 11) is -0.423. The van der Waals surface area contributed by atoms with E-state index < -0.39 is 8.80 Å². The summed E-state index contributed by atoms with van der Waals surface area (Å²) in [6.07, 6.45) is 0. The van der Waals surface area contributed by atoms with Gasteiger partial charge in [-0.05, 0) is 23.4 Å². The van der Waals surface area contributed by atoms with Gasteiger partial charge >= 0.3 is 0 Å². The highest BCUT2D eigenvalue weighted by Crippen LogP contribution is 2.14. The predicted molar refractivity (Wildman–Crippen MR) is 73.3 cm³/mol. The van der Waals surface area contributed by atoms with Gasteiger partial charge in [0, 0.05) is 11.4 Å². The van der Waals surface area contributed by atoms with Crippen molar-refractivity contribution >= 4 is 25.4 Å². The first-order chi connectivity index (χ1) is 7.77. The van der Waals surface area contributed by atoms with Crippen LogP contribution in [0.3, 0.4) is 0 Å². The summed E-state index contributed by atoms with van der Waals surface area (Å²) in [5.74, 6) is 0. The number of benzene rings is 2. The summed E-state index contributed by atoms with van der Waals surface area (Å²) in [5.41, 5.74) is 2.39. The number of anilines is 2. The van der Waals surface area contributed by atoms with Crippen LogP contribution in [0.4, 0.5) is 11.4 Å². The maximum atomic E-state index is 3.48. The van der Waals surface area contributed by atoms with E-state index in [4.69, 9.17) is 0 Å². The summed E-state index contributed by atoms with van der Waals surface area (Å²) in [5, 5.41) is 4.93. The second-order valence-corrected chi connectivity index (χ2v) is 6.58. The van der Waals surface area contributed by atoms with Gasteiger partial charge < -0.3 is 5.32 Å². The van der Waals surface area contributed by atoms with Crippen LogP contribution in [-0.2, 0) is 0 Å². The molecule has 0 heterocycles. The molecule has 2 aromatic carbocycles. The van der Waals surface area contributed by atoms with E-state index in [1.54, 1.807) is 0 Å². The zero-order chi connectivity index (χ0) is 11.4.